The molecule has 0 fully saturated rings. The minimum absolute atomic E-state index is 0.00435. The predicted molar refractivity (Wildman–Crippen MR) is 73.2 cm³/mol. The van der Waals surface area contributed by atoms with E-state index in [0.717, 1.165) is 0 Å². The summed E-state index contributed by atoms with van der Waals surface area (Å²) in [5.74, 6) is 0.524. The third-order valence-corrected chi connectivity index (χ3v) is 4.37. The van der Waals surface area contributed by atoms with Gasteiger partial charge in [0.25, 0.3) is 0 Å². The van der Waals surface area contributed by atoms with Crippen molar-refractivity contribution < 1.29 is 8.42 Å². The maximum Gasteiger partial charge on any atom is 0.243 e. The Morgan fingerprint density at radius 1 is 1.47 bits per heavy atom. The summed E-state index contributed by atoms with van der Waals surface area (Å²) < 4.78 is 26.9. The van der Waals surface area contributed by atoms with E-state index in [-0.39, 0.29) is 10.6 Å². The Kier molecular flexibility index (Phi) is 3.79. The SMILES string of the molecule is CC(NS(=O)(=O)c1ccc(Cl)cc1N)c1ncc[nH]1. The molecular formula is C11H13ClN4O2S. The van der Waals surface area contributed by atoms with Crippen molar-refractivity contribution in [3.8, 4) is 0 Å². The van der Waals surface area contributed by atoms with Crippen molar-refractivity contribution in [2.24, 2.45) is 0 Å². The van der Waals surface area contributed by atoms with Crippen LogP contribution in [-0.4, -0.2) is 18.4 Å². The number of nitrogens with one attached hydrogen (secondary N) is 2. The summed E-state index contributed by atoms with van der Waals surface area (Å²) in [6.45, 7) is 1.68. The van der Waals surface area contributed by atoms with Crippen LogP contribution in [0.1, 0.15) is 18.8 Å². The number of rotatable bonds is 4. The molecule has 19 heavy (non-hydrogen) atoms. The number of nitrogen functional groups attached to an aromatic ring is 1. The first-order valence-corrected chi connectivity index (χ1v) is 7.33. The molecule has 0 radical (unpaired) electrons. The first-order valence-electron chi connectivity index (χ1n) is 5.47. The van der Waals surface area contributed by atoms with Gasteiger partial charge in [-0.1, -0.05) is 11.6 Å². The lowest BCUT2D eigenvalue weighted by Crippen LogP contribution is -2.28. The van der Waals surface area contributed by atoms with Crippen molar-refractivity contribution in [2.45, 2.75) is 17.9 Å². The lowest BCUT2D eigenvalue weighted by atomic mass is 10.3. The molecule has 0 saturated carbocycles. The van der Waals surface area contributed by atoms with Crippen molar-refractivity contribution in [1.82, 2.24) is 14.7 Å². The summed E-state index contributed by atoms with van der Waals surface area (Å²) in [5, 5.41) is 0.385. The van der Waals surface area contributed by atoms with Gasteiger partial charge in [0.1, 0.15) is 10.7 Å². The molecule has 0 aliphatic rings. The summed E-state index contributed by atoms with van der Waals surface area (Å²) >= 11 is 5.74. The number of aromatic amines is 1. The molecule has 0 amide bonds. The van der Waals surface area contributed by atoms with Crippen LogP contribution in [0, 0.1) is 0 Å². The fourth-order valence-corrected chi connectivity index (χ4v) is 3.13. The Labute approximate surface area is 116 Å². The third-order valence-electron chi connectivity index (χ3n) is 2.52. The molecule has 6 nitrogen and oxygen atoms in total. The largest absolute Gasteiger partial charge is 0.398 e. The van der Waals surface area contributed by atoms with Crippen LogP contribution in [0.5, 0.6) is 0 Å². The number of H-pyrrole nitrogens is 1. The van der Waals surface area contributed by atoms with Gasteiger partial charge in [-0.15, -0.1) is 0 Å². The van der Waals surface area contributed by atoms with Gasteiger partial charge in [-0.2, -0.15) is 0 Å². The molecule has 1 heterocycles. The molecule has 1 atom stereocenters. The predicted octanol–water partition coefficient (Wildman–Crippen LogP) is 1.68. The molecule has 1 unspecified atom stereocenters. The Hall–Kier alpha value is -1.57. The van der Waals surface area contributed by atoms with E-state index in [4.69, 9.17) is 17.3 Å². The van der Waals surface area contributed by atoms with Crippen molar-refractivity contribution in [3.05, 3.63) is 41.4 Å². The number of imidazole rings is 1. The van der Waals surface area contributed by atoms with Crippen LogP contribution in [0.4, 0.5) is 5.69 Å². The van der Waals surface area contributed by atoms with Gasteiger partial charge in [-0.25, -0.2) is 18.1 Å². The molecule has 0 aliphatic carbocycles. The molecule has 0 aliphatic heterocycles. The number of hydrogen-bond acceptors (Lipinski definition) is 4. The second kappa shape index (κ2) is 5.20. The van der Waals surface area contributed by atoms with E-state index < -0.39 is 16.1 Å². The highest BCUT2D eigenvalue weighted by molar-refractivity contribution is 7.89. The highest BCUT2D eigenvalue weighted by Crippen LogP contribution is 2.23. The zero-order valence-corrected chi connectivity index (χ0v) is 11.7. The number of hydrogen-bond donors (Lipinski definition) is 3. The summed E-state index contributed by atoms with van der Waals surface area (Å²) in [6, 6.07) is 3.75. The van der Waals surface area contributed by atoms with Crippen LogP contribution in [0.15, 0.2) is 35.5 Å². The van der Waals surface area contributed by atoms with Crippen molar-refractivity contribution in [1.29, 1.82) is 0 Å². The van der Waals surface area contributed by atoms with Crippen molar-refractivity contribution in [3.63, 3.8) is 0 Å². The van der Waals surface area contributed by atoms with Crippen LogP contribution in [0.2, 0.25) is 5.02 Å². The Morgan fingerprint density at radius 2 is 2.21 bits per heavy atom. The fourth-order valence-electron chi connectivity index (χ4n) is 1.63. The van der Waals surface area contributed by atoms with E-state index in [1.807, 2.05) is 0 Å². The molecule has 2 rings (SSSR count). The van der Waals surface area contributed by atoms with Crippen LogP contribution in [0.3, 0.4) is 0 Å². The third kappa shape index (κ3) is 3.06. The van der Waals surface area contributed by atoms with Crippen LogP contribution in [0.25, 0.3) is 0 Å². The van der Waals surface area contributed by atoms with E-state index in [0.29, 0.717) is 10.8 Å². The number of halogens is 1. The highest BCUT2D eigenvalue weighted by Gasteiger charge is 2.21. The van der Waals surface area contributed by atoms with Gasteiger partial charge in [0.15, 0.2) is 0 Å². The van der Waals surface area contributed by atoms with Gasteiger partial charge in [0, 0.05) is 17.4 Å². The summed E-state index contributed by atoms with van der Waals surface area (Å²) in [5.41, 5.74) is 5.78. The van der Waals surface area contributed by atoms with E-state index in [1.165, 1.54) is 18.2 Å². The number of aromatic nitrogens is 2. The Bertz CT molecular complexity index is 670. The fraction of sp³-hybridized carbons (Fsp3) is 0.182. The lowest BCUT2D eigenvalue weighted by Gasteiger charge is -2.13. The molecule has 4 N–H and O–H groups in total. The maximum absolute atomic E-state index is 12.2. The average Bonchev–Trinajstić information content (AvgIpc) is 2.80. The zero-order valence-electron chi connectivity index (χ0n) is 10.1. The molecule has 1 aromatic heterocycles. The maximum atomic E-state index is 12.2. The first-order chi connectivity index (χ1) is 8.90. The molecule has 2 aromatic rings. The molecule has 0 bridgehead atoms. The molecule has 0 saturated heterocycles. The monoisotopic (exact) mass is 300 g/mol. The number of sulfonamides is 1. The van der Waals surface area contributed by atoms with Crippen molar-refractivity contribution >= 4 is 27.3 Å². The number of nitrogens with two attached hydrogens (primary N) is 1. The van der Waals surface area contributed by atoms with Gasteiger partial charge in [0.05, 0.1) is 11.7 Å². The smallest absolute Gasteiger partial charge is 0.243 e. The Balaban J connectivity index is 2.28. The van der Waals surface area contributed by atoms with E-state index in [9.17, 15) is 8.42 Å². The van der Waals surface area contributed by atoms with Gasteiger partial charge >= 0.3 is 0 Å². The quantitative estimate of drug-likeness (QED) is 0.748. The number of benzene rings is 1. The molecule has 1 aromatic carbocycles. The van der Waals surface area contributed by atoms with Gasteiger partial charge in [0.2, 0.25) is 10.0 Å². The average molecular weight is 301 g/mol. The zero-order chi connectivity index (χ0) is 14.0. The van der Waals surface area contributed by atoms with Gasteiger partial charge in [-0.05, 0) is 25.1 Å². The molecule has 0 spiro atoms. The minimum Gasteiger partial charge on any atom is -0.398 e. The van der Waals surface area contributed by atoms with Crippen LogP contribution < -0.4 is 10.5 Å². The second-order valence-corrected chi connectivity index (χ2v) is 6.12. The van der Waals surface area contributed by atoms with E-state index in [2.05, 4.69) is 14.7 Å². The Morgan fingerprint density at radius 3 is 2.79 bits per heavy atom. The topological polar surface area (TPSA) is 101 Å². The van der Waals surface area contributed by atoms with Crippen LogP contribution in [-0.2, 0) is 10.0 Å². The van der Waals surface area contributed by atoms with E-state index in [1.54, 1.807) is 19.3 Å². The van der Waals surface area contributed by atoms with Gasteiger partial charge in [-0.3, -0.25) is 0 Å². The van der Waals surface area contributed by atoms with Crippen LogP contribution >= 0.6 is 11.6 Å². The second-order valence-electron chi connectivity index (χ2n) is 4.00. The van der Waals surface area contributed by atoms with Crippen molar-refractivity contribution in [2.75, 3.05) is 5.73 Å². The summed E-state index contributed by atoms with van der Waals surface area (Å²) in [7, 11) is -3.73. The molecular weight excluding hydrogens is 288 g/mol. The van der Waals surface area contributed by atoms with Gasteiger partial charge < -0.3 is 10.7 Å². The lowest BCUT2D eigenvalue weighted by molar-refractivity contribution is 0.561. The number of anilines is 1. The summed E-state index contributed by atoms with van der Waals surface area (Å²) in [4.78, 5) is 6.84. The normalized spacial score (nSPS) is 13.4. The minimum atomic E-state index is -3.73. The molecule has 102 valence electrons. The summed E-state index contributed by atoms with van der Waals surface area (Å²) in [6.07, 6.45) is 3.17. The number of nitrogens with zero attached hydrogens (tertiary/aromatic N) is 1. The first kappa shape index (κ1) is 13.9. The molecule has 8 heteroatoms. The van der Waals surface area contributed by atoms with E-state index >= 15 is 0 Å². The highest BCUT2D eigenvalue weighted by atomic mass is 35.5. The standard InChI is InChI=1S/C11H13ClN4O2S/c1-7(11-14-4-5-15-11)16-19(17,18)10-3-2-8(12)6-9(10)13/h2-7,16H,13H2,1H3,(H,14,15).